The molecule has 0 amide bonds. The predicted molar refractivity (Wildman–Crippen MR) is 75.4 cm³/mol. The Morgan fingerprint density at radius 1 is 1.28 bits per heavy atom. The molecule has 0 unspecified atom stereocenters. The Bertz CT molecular complexity index is 367. The number of hydrogen-bond donors (Lipinski definition) is 2. The first kappa shape index (κ1) is 13.6. The van der Waals surface area contributed by atoms with E-state index in [9.17, 15) is 0 Å². The molecule has 18 heavy (non-hydrogen) atoms. The topological polar surface area (TPSA) is 40.7 Å². The van der Waals surface area contributed by atoms with Crippen LogP contribution in [0.15, 0.2) is 6.20 Å². The van der Waals surface area contributed by atoms with Gasteiger partial charge in [-0.05, 0) is 43.9 Å². The Balaban J connectivity index is 1.76. The number of nitrogens with one attached hydrogen (secondary N) is 2. The van der Waals surface area contributed by atoms with Crippen molar-refractivity contribution in [3.8, 4) is 0 Å². The minimum absolute atomic E-state index is 0.478. The third-order valence-corrected chi connectivity index (χ3v) is 4.47. The lowest BCUT2D eigenvalue weighted by Crippen LogP contribution is -2.35. The molecule has 1 aliphatic carbocycles. The molecule has 3 nitrogen and oxygen atoms in total. The Morgan fingerprint density at radius 3 is 2.44 bits per heavy atom. The van der Waals surface area contributed by atoms with Gasteiger partial charge in [0.25, 0.3) is 0 Å². The van der Waals surface area contributed by atoms with Gasteiger partial charge in [0.05, 0.1) is 6.20 Å². The fraction of sp³-hybridized carbons (Fsp3) is 0.800. The maximum Gasteiger partial charge on any atom is 0.0535 e. The first-order valence-corrected chi connectivity index (χ1v) is 7.19. The lowest BCUT2D eigenvalue weighted by Gasteiger charge is -2.37. The highest BCUT2D eigenvalue weighted by Gasteiger charge is 2.29. The number of H-pyrrole nitrogens is 1. The summed E-state index contributed by atoms with van der Waals surface area (Å²) in [6, 6.07) is 0.692. The van der Waals surface area contributed by atoms with E-state index >= 15 is 0 Å². The molecule has 0 bridgehead atoms. The van der Waals surface area contributed by atoms with E-state index in [1.165, 1.54) is 36.9 Å². The van der Waals surface area contributed by atoms with Crippen LogP contribution in [0.1, 0.15) is 57.7 Å². The zero-order chi connectivity index (χ0) is 13.2. The summed E-state index contributed by atoms with van der Waals surface area (Å²) in [5, 5.41) is 10.7. The molecule has 0 saturated heterocycles. The van der Waals surface area contributed by atoms with Crippen LogP contribution in [0.2, 0.25) is 0 Å². The highest BCUT2D eigenvalue weighted by atomic mass is 15.1. The van der Waals surface area contributed by atoms with Gasteiger partial charge in [0.15, 0.2) is 0 Å². The smallest absolute Gasteiger partial charge is 0.0535 e. The fourth-order valence-electron chi connectivity index (χ4n) is 2.97. The molecule has 0 radical (unpaired) electrons. The van der Waals surface area contributed by atoms with Crippen LogP contribution in [0, 0.1) is 18.3 Å². The molecule has 102 valence electrons. The van der Waals surface area contributed by atoms with Crippen molar-refractivity contribution in [3.05, 3.63) is 17.5 Å². The Morgan fingerprint density at radius 2 is 1.94 bits per heavy atom. The number of aromatic amines is 1. The molecule has 3 heteroatoms. The first-order valence-electron chi connectivity index (χ1n) is 7.19. The summed E-state index contributed by atoms with van der Waals surface area (Å²) in [5.74, 6) is 0.895. The maximum absolute atomic E-state index is 4.06. The van der Waals surface area contributed by atoms with Crippen LogP contribution in [-0.2, 0) is 6.54 Å². The standard InChI is InChI=1S/C15H27N3/c1-11-12(10-17-18-11)9-16-14-7-5-13(6-8-14)15(2,3)4/h10,13-14,16H,5-9H2,1-4H3,(H,17,18). The van der Waals surface area contributed by atoms with Crippen molar-refractivity contribution in [2.75, 3.05) is 0 Å². The third-order valence-electron chi connectivity index (χ3n) is 4.47. The molecule has 1 fully saturated rings. The average Bonchev–Trinajstić information content (AvgIpc) is 2.72. The molecule has 1 heterocycles. The summed E-state index contributed by atoms with van der Waals surface area (Å²) in [4.78, 5) is 0. The van der Waals surface area contributed by atoms with Gasteiger partial charge in [0, 0.05) is 23.8 Å². The minimum Gasteiger partial charge on any atom is -0.310 e. The van der Waals surface area contributed by atoms with Gasteiger partial charge >= 0.3 is 0 Å². The zero-order valence-electron chi connectivity index (χ0n) is 12.2. The SMILES string of the molecule is Cc1[nH]ncc1CNC1CCC(C(C)(C)C)CC1. The average molecular weight is 249 g/mol. The maximum atomic E-state index is 4.06. The molecule has 2 rings (SSSR count). The summed E-state index contributed by atoms with van der Waals surface area (Å²) in [5.41, 5.74) is 2.96. The summed E-state index contributed by atoms with van der Waals surface area (Å²) >= 11 is 0. The van der Waals surface area contributed by atoms with Gasteiger partial charge in [-0.25, -0.2) is 0 Å². The summed E-state index contributed by atoms with van der Waals surface area (Å²) in [6.07, 6.45) is 7.30. The lowest BCUT2D eigenvalue weighted by molar-refractivity contribution is 0.160. The van der Waals surface area contributed by atoms with Crippen molar-refractivity contribution in [3.63, 3.8) is 0 Å². The fourth-order valence-corrected chi connectivity index (χ4v) is 2.97. The van der Waals surface area contributed by atoms with Gasteiger partial charge in [-0.2, -0.15) is 5.10 Å². The largest absolute Gasteiger partial charge is 0.310 e. The van der Waals surface area contributed by atoms with Crippen molar-refractivity contribution < 1.29 is 0 Å². The van der Waals surface area contributed by atoms with Crippen molar-refractivity contribution in [2.45, 2.75) is 66.0 Å². The van der Waals surface area contributed by atoms with Gasteiger partial charge in [-0.1, -0.05) is 20.8 Å². The van der Waals surface area contributed by atoms with Crippen molar-refractivity contribution >= 4 is 0 Å². The normalized spacial score (nSPS) is 25.3. The molecule has 1 saturated carbocycles. The van der Waals surface area contributed by atoms with E-state index in [-0.39, 0.29) is 0 Å². The molecule has 0 spiro atoms. The third kappa shape index (κ3) is 3.35. The molecule has 0 atom stereocenters. The van der Waals surface area contributed by atoms with Crippen LogP contribution >= 0.6 is 0 Å². The lowest BCUT2D eigenvalue weighted by atomic mass is 9.71. The summed E-state index contributed by atoms with van der Waals surface area (Å²) < 4.78 is 0. The van der Waals surface area contributed by atoms with Crippen molar-refractivity contribution in [2.24, 2.45) is 11.3 Å². The van der Waals surface area contributed by atoms with Gasteiger partial charge < -0.3 is 5.32 Å². The predicted octanol–water partition coefficient (Wildman–Crippen LogP) is 3.41. The van der Waals surface area contributed by atoms with E-state index < -0.39 is 0 Å². The van der Waals surface area contributed by atoms with Crippen LogP contribution in [0.25, 0.3) is 0 Å². The van der Waals surface area contributed by atoms with Crippen molar-refractivity contribution in [1.29, 1.82) is 0 Å². The Kier molecular flexibility index (Phi) is 4.10. The second-order valence-electron chi connectivity index (χ2n) is 6.82. The van der Waals surface area contributed by atoms with Gasteiger partial charge in [0.1, 0.15) is 0 Å². The molecule has 0 aliphatic heterocycles. The molecular formula is C15H27N3. The van der Waals surface area contributed by atoms with E-state index in [0.717, 1.165) is 12.5 Å². The van der Waals surface area contributed by atoms with Gasteiger partial charge in [-0.3, -0.25) is 5.10 Å². The Labute approximate surface area is 111 Å². The molecular weight excluding hydrogens is 222 g/mol. The second kappa shape index (κ2) is 5.43. The van der Waals surface area contributed by atoms with E-state index in [1.54, 1.807) is 0 Å². The first-order chi connectivity index (χ1) is 8.47. The Hall–Kier alpha value is -0.830. The molecule has 1 aliphatic rings. The van der Waals surface area contributed by atoms with E-state index in [0.29, 0.717) is 11.5 Å². The molecule has 0 aromatic carbocycles. The van der Waals surface area contributed by atoms with Crippen LogP contribution in [0.3, 0.4) is 0 Å². The van der Waals surface area contributed by atoms with Gasteiger partial charge in [-0.15, -0.1) is 0 Å². The van der Waals surface area contributed by atoms with Gasteiger partial charge in [0.2, 0.25) is 0 Å². The molecule has 1 aromatic rings. The van der Waals surface area contributed by atoms with E-state index in [2.05, 4.69) is 43.2 Å². The van der Waals surface area contributed by atoms with Crippen LogP contribution in [0.4, 0.5) is 0 Å². The monoisotopic (exact) mass is 249 g/mol. The molecule has 2 N–H and O–H groups in total. The van der Waals surface area contributed by atoms with E-state index in [4.69, 9.17) is 0 Å². The summed E-state index contributed by atoms with van der Waals surface area (Å²) in [6.45, 7) is 10.2. The minimum atomic E-state index is 0.478. The van der Waals surface area contributed by atoms with Crippen LogP contribution < -0.4 is 5.32 Å². The highest BCUT2D eigenvalue weighted by Crippen LogP contribution is 2.37. The van der Waals surface area contributed by atoms with Crippen molar-refractivity contribution in [1.82, 2.24) is 15.5 Å². The van der Waals surface area contributed by atoms with Crippen LogP contribution in [0.5, 0.6) is 0 Å². The highest BCUT2D eigenvalue weighted by molar-refractivity contribution is 5.13. The number of aromatic nitrogens is 2. The number of aryl methyl sites for hydroxylation is 1. The quantitative estimate of drug-likeness (QED) is 0.862. The van der Waals surface area contributed by atoms with E-state index in [1.807, 2.05) is 6.20 Å². The number of hydrogen-bond acceptors (Lipinski definition) is 2. The number of rotatable bonds is 3. The summed E-state index contributed by atoms with van der Waals surface area (Å²) in [7, 11) is 0. The second-order valence-corrected chi connectivity index (χ2v) is 6.82. The molecule has 1 aromatic heterocycles. The van der Waals surface area contributed by atoms with Crippen LogP contribution in [-0.4, -0.2) is 16.2 Å². The number of nitrogens with zero attached hydrogens (tertiary/aromatic N) is 1. The zero-order valence-corrected chi connectivity index (χ0v) is 12.2.